The molecule has 1 heterocycles. The smallest absolute Gasteiger partial charge is 0.254 e. The molecular weight excluding hydrogens is 228 g/mol. The molecule has 98 valence electrons. The Labute approximate surface area is 107 Å². The Morgan fingerprint density at radius 2 is 1.89 bits per heavy atom. The summed E-state index contributed by atoms with van der Waals surface area (Å²) in [5.74, 6) is 0.0195. The number of amides is 1. The zero-order valence-corrected chi connectivity index (χ0v) is 10.9. The first-order valence-electron chi connectivity index (χ1n) is 6.33. The van der Waals surface area contributed by atoms with E-state index in [0.717, 1.165) is 11.1 Å². The van der Waals surface area contributed by atoms with E-state index in [0.29, 0.717) is 37.2 Å². The largest absolute Gasteiger partial charge is 0.398 e. The van der Waals surface area contributed by atoms with Crippen LogP contribution >= 0.6 is 0 Å². The van der Waals surface area contributed by atoms with Gasteiger partial charge in [-0.2, -0.15) is 0 Å². The molecule has 4 heteroatoms. The van der Waals surface area contributed by atoms with Crippen molar-refractivity contribution in [3.63, 3.8) is 0 Å². The maximum Gasteiger partial charge on any atom is 0.254 e. The third-order valence-corrected chi connectivity index (χ3v) is 3.60. The fourth-order valence-electron chi connectivity index (χ4n) is 2.34. The summed E-state index contributed by atoms with van der Waals surface area (Å²) in [5.41, 5.74) is 9.15. The molecule has 0 aromatic heterocycles. The highest BCUT2D eigenvalue weighted by molar-refractivity contribution is 5.96. The van der Waals surface area contributed by atoms with Gasteiger partial charge in [-0.15, -0.1) is 0 Å². The van der Waals surface area contributed by atoms with E-state index < -0.39 is 0 Å². The lowest BCUT2D eigenvalue weighted by atomic mass is 10.0. The molecular formula is C14H20N2O2. The number of benzene rings is 1. The fourth-order valence-corrected chi connectivity index (χ4v) is 2.34. The number of nitrogens with two attached hydrogens (primary N) is 1. The van der Waals surface area contributed by atoms with Crippen LogP contribution in [0.25, 0.3) is 0 Å². The lowest BCUT2D eigenvalue weighted by molar-refractivity contribution is 0.0546. The summed E-state index contributed by atoms with van der Waals surface area (Å²) < 4.78 is 0. The van der Waals surface area contributed by atoms with E-state index in [-0.39, 0.29) is 12.0 Å². The minimum absolute atomic E-state index is 0.0195. The molecule has 0 spiro atoms. The van der Waals surface area contributed by atoms with Crippen molar-refractivity contribution in [1.82, 2.24) is 4.90 Å². The molecule has 1 aromatic carbocycles. The van der Waals surface area contributed by atoms with Crippen molar-refractivity contribution in [2.45, 2.75) is 32.8 Å². The van der Waals surface area contributed by atoms with Crippen molar-refractivity contribution in [2.75, 3.05) is 18.8 Å². The van der Waals surface area contributed by atoms with Gasteiger partial charge in [0.2, 0.25) is 0 Å². The molecule has 0 bridgehead atoms. The highest BCUT2D eigenvalue weighted by Gasteiger charge is 2.23. The van der Waals surface area contributed by atoms with E-state index in [4.69, 9.17) is 5.73 Å². The number of piperidine rings is 1. The molecule has 0 unspecified atom stereocenters. The normalized spacial score (nSPS) is 16.9. The number of carbonyl (C=O) groups is 1. The second kappa shape index (κ2) is 4.98. The fraction of sp³-hybridized carbons (Fsp3) is 0.500. The zero-order valence-electron chi connectivity index (χ0n) is 10.9. The number of aryl methyl sites for hydroxylation is 2. The van der Waals surface area contributed by atoms with Crippen LogP contribution < -0.4 is 5.73 Å². The Balaban J connectivity index is 2.21. The lowest BCUT2D eigenvalue weighted by Gasteiger charge is -2.30. The number of rotatable bonds is 1. The van der Waals surface area contributed by atoms with Gasteiger partial charge in [-0.1, -0.05) is 6.07 Å². The van der Waals surface area contributed by atoms with Gasteiger partial charge in [0.15, 0.2) is 0 Å². The van der Waals surface area contributed by atoms with E-state index in [9.17, 15) is 9.90 Å². The average Bonchev–Trinajstić information content (AvgIpc) is 2.34. The van der Waals surface area contributed by atoms with Crippen molar-refractivity contribution >= 4 is 11.6 Å². The molecule has 1 aromatic rings. The number of nitrogens with zero attached hydrogens (tertiary/aromatic N) is 1. The topological polar surface area (TPSA) is 66.6 Å². The van der Waals surface area contributed by atoms with E-state index in [1.165, 1.54) is 0 Å². The second-order valence-corrected chi connectivity index (χ2v) is 5.05. The Bertz CT molecular complexity index is 463. The molecule has 0 saturated carbocycles. The molecule has 1 aliphatic rings. The molecule has 1 aliphatic heterocycles. The summed E-state index contributed by atoms with van der Waals surface area (Å²) >= 11 is 0. The predicted molar refractivity (Wildman–Crippen MR) is 71.5 cm³/mol. The number of aliphatic hydroxyl groups excluding tert-OH is 1. The van der Waals surface area contributed by atoms with Gasteiger partial charge >= 0.3 is 0 Å². The number of anilines is 1. The molecule has 18 heavy (non-hydrogen) atoms. The first kappa shape index (κ1) is 12.9. The van der Waals surface area contributed by atoms with E-state index in [1.54, 1.807) is 11.0 Å². The Kier molecular flexibility index (Phi) is 3.57. The number of likely N-dealkylation sites (tertiary alicyclic amines) is 1. The van der Waals surface area contributed by atoms with Gasteiger partial charge in [-0.3, -0.25) is 4.79 Å². The van der Waals surface area contributed by atoms with Gasteiger partial charge in [-0.05, 0) is 43.9 Å². The van der Waals surface area contributed by atoms with Crippen molar-refractivity contribution < 1.29 is 9.90 Å². The first-order chi connectivity index (χ1) is 8.49. The van der Waals surface area contributed by atoms with Gasteiger partial charge in [0.1, 0.15) is 0 Å². The second-order valence-electron chi connectivity index (χ2n) is 5.05. The van der Waals surface area contributed by atoms with Crippen LogP contribution in [0.15, 0.2) is 12.1 Å². The molecule has 3 N–H and O–H groups in total. The van der Waals surface area contributed by atoms with Crippen LogP contribution in [0.4, 0.5) is 5.69 Å². The van der Waals surface area contributed by atoms with E-state index in [1.807, 2.05) is 19.9 Å². The average molecular weight is 248 g/mol. The van der Waals surface area contributed by atoms with Gasteiger partial charge in [0.05, 0.1) is 6.10 Å². The summed E-state index contributed by atoms with van der Waals surface area (Å²) in [6.45, 7) is 5.10. The van der Waals surface area contributed by atoms with Crippen molar-refractivity contribution in [1.29, 1.82) is 0 Å². The maximum atomic E-state index is 12.4. The molecule has 0 aliphatic carbocycles. The van der Waals surface area contributed by atoms with Crippen LogP contribution in [0, 0.1) is 13.8 Å². The summed E-state index contributed by atoms with van der Waals surface area (Å²) in [6.07, 6.45) is 1.05. The molecule has 0 atom stereocenters. The standard InChI is InChI=1S/C14H20N2O2/c1-9-7-10(2)13(15)8-12(9)14(18)16-5-3-11(17)4-6-16/h7-8,11,17H,3-6,15H2,1-2H3. The van der Waals surface area contributed by atoms with Crippen LogP contribution in [0.1, 0.15) is 34.3 Å². The van der Waals surface area contributed by atoms with Gasteiger partial charge in [0.25, 0.3) is 5.91 Å². The van der Waals surface area contributed by atoms with Crippen LogP contribution in [0.2, 0.25) is 0 Å². The number of nitrogen functional groups attached to an aromatic ring is 1. The molecule has 0 radical (unpaired) electrons. The van der Waals surface area contributed by atoms with E-state index >= 15 is 0 Å². The number of aliphatic hydroxyl groups is 1. The van der Waals surface area contributed by atoms with Crippen LogP contribution in [-0.4, -0.2) is 35.1 Å². The number of hydrogen-bond acceptors (Lipinski definition) is 3. The summed E-state index contributed by atoms with van der Waals surface area (Å²) in [6, 6.07) is 3.71. The summed E-state index contributed by atoms with van der Waals surface area (Å²) in [7, 11) is 0. The number of carbonyl (C=O) groups excluding carboxylic acids is 1. The summed E-state index contributed by atoms with van der Waals surface area (Å²) in [5, 5.41) is 9.46. The highest BCUT2D eigenvalue weighted by Crippen LogP contribution is 2.21. The van der Waals surface area contributed by atoms with Gasteiger partial charge in [-0.25, -0.2) is 0 Å². The first-order valence-corrected chi connectivity index (χ1v) is 6.33. The van der Waals surface area contributed by atoms with Gasteiger partial charge < -0.3 is 15.7 Å². The third-order valence-electron chi connectivity index (χ3n) is 3.60. The SMILES string of the molecule is Cc1cc(C)c(C(=O)N2CCC(O)CC2)cc1N. The zero-order chi connectivity index (χ0) is 13.3. The Hall–Kier alpha value is -1.55. The van der Waals surface area contributed by atoms with Gasteiger partial charge in [0, 0.05) is 24.3 Å². The molecule has 2 rings (SSSR count). The molecule has 1 saturated heterocycles. The number of hydrogen-bond donors (Lipinski definition) is 2. The highest BCUT2D eigenvalue weighted by atomic mass is 16.3. The van der Waals surface area contributed by atoms with Crippen molar-refractivity contribution in [2.24, 2.45) is 0 Å². The summed E-state index contributed by atoms with van der Waals surface area (Å²) in [4.78, 5) is 14.2. The van der Waals surface area contributed by atoms with Crippen LogP contribution in [-0.2, 0) is 0 Å². The monoisotopic (exact) mass is 248 g/mol. The molecule has 1 fully saturated rings. The molecule has 4 nitrogen and oxygen atoms in total. The Morgan fingerprint density at radius 1 is 1.28 bits per heavy atom. The minimum Gasteiger partial charge on any atom is -0.398 e. The van der Waals surface area contributed by atoms with E-state index in [2.05, 4.69) is 0 Å². The van der Waals surface area contributed by atoms with Crippen molar-refractivity contribution in [3.05, 3.63) is 28.8 Å². The maximum absolute atomic E-state index is 12.4. The quantitative estimate of drug-likeness (QED) is 0.740. The predicted octanol–water partition coefficient (Wildman–Crippen LogP) is 1.48. The van der Waals surface area contributed by atoms with Crippen LogP contribution in [0.3, 0.4) is 0 Å². The Morgan fingerprint density at radius 3 is 2.50 bits per heavy atom. The van der Waals surface area contributed by atoms with Crippen molar-refractivity contribution in [3.8, 4) is 0 Å². The lowest BCUT2D eigenvalue weighted by Crippen LogP contribution is -2.40. The molecule has 1 amide bonds. The third kappa shape index (κ3) is 2.48. The minimum atomic E-state index is -0.266. The van der Waals surface area contributed by atoms with Crippen LogP contribution in [0.5, 0.6) is 0 Å².